The van der Waals surface area contributed by atoms with Gasteiger partial charge in [0.15, 0.2) is 0 Å². The molecule has 33 heavy (non-hydrogen) atoms. The minimum atomic E-state index is -0.371. The van der Waals surface area contributed by atoms with E-state index < -0.39 is 0 Å². The smallest absolute Gasteiger partial charge is 0.292 e. The number of para-hydroxylation sites is 1. The van der Waals surface area contributed by atoms with Gasteiger partial charge in [-0.15, -0.1) is 0 Å². The van der Waals surface area contributed by atoms with Gasteiger partial charge in [0.25, 0.3) is 11.5 Å². The summed E-state index contributed by atoms with van der Waals surface area (Å²) in [6.07, 6.45) is 3.18. The summed E-state index contributed by atoms with van der Waals surface area (Å²) in [5.74, 6) is -0.0778. The maximum atomic E-state index is 13.2. The largest absolute Gasteiger partial charge is 0.365 e. The normalized spacial score (nSPS) is 13.8. The number of aromatic nitrogens is 4. The Hall–Kier alpha value is -3.91. The van der Waals surface area contributed by atoms with Gasteiger partial charge in [0.05, 0.1) is 35.0 Å². The van der Waals surface area contributed by atoms with Crippen LogP contribution in [0, 0.1) is 0 Å². The molecule has 3 heterocycles. The number of hydrogen-bond acceptors (Lipinski definition) is 5. The van der Waals surface area contributed by atoms with Gasteiger partial charge in [0, 0.05) is 31.7 Å². The van der Waals surface area contributed by atoms with E-state index in [4.69, 9.17) is 11.6 Å². The highest BCUT2D eigenvalue weighted by Crippen LogP contribution is 2.25. The van der Waals surface area contributed by atoms with Crippen LogP contribution in [0.2, 0.25) is 5.02 Å². The number of H-pyrrole nitrogens is 1. The van der Waals surface area contributed by atoms with Gasteiger partial charge in [0.1, 0.15) is 5.02 Å². The number of carbonyl (C=O) groups is 1. The predicted octanol–water partition coefficient (Wildman–Crippen LogP) is 3.24. The van der Waals surface area contributed by atoms with Crippen LogP contribution in [-0.4, -0.2) is 57.0 Å². The molecule has 8 nitrogen and oxygen atoms in total. The summed E-state index contributed by atoms with van der Waals surface area (Å²) >= 11 is 6.44. The monoisotopic (exact) mass is 460 g/mol. The van der Waals surface area contributed by atoms with Crippen LogP contribution >= 0.6 is 11.6 Å². The van der Waals surface area contributed by atoms with Crippen LogP contribution in [0.3, 0.4) is 0 Å². The molecule has 1 N–H and O–H groups in total. The third kappa shape index (κ3) is 4.01. The molecule has 0 atom stereocenters. The molecule has 1 aliphatic rings. The Morgan fingerprint density at radius 3 is 2.27 bits per heavy atom. The maximum absolute atomic E-state index is 13.2. The molecule has 2 aromatic heterocycles. The Morgan fingerprint density at radius 2 is 1.58 bits per heavy atom. The lowest BCUT2D eigenvalue weighted by atomic mass is 10.1. The lowest BCUT2D eigenvalue weighted by Gasteiger charge is -2.36. The number of halogens is 1. The molecule has 2 aromatic carbocycles. The summed E-state index contributed by atoms with van der Waals surface area (Å²) in [4.78, 5) is 29.8. The van der Waals surface area contributed by atoms with Gasteiger partial charge in [0.2, 0.25) is 0 Å². The van der Waals surface area contributed by atoms with Crippen molar-refractivity contribution in [2.45, 2.75) is 0 Å². The maximum Gasteiger partial charge on any atom is 0.292 e. The molecule has 0 aliphatic carbocycles. The highest BCUT2D eigenvalue weighted by molar-refractivity contribution is 6.33. The topological polar surface area (TPSA) is 87.1 Å². The van der Waals surface area contributed by atoms with Crippen molar-refractivity contribution >= 4 is 23.2 Å². The van der Waals surface area contributed by atoms with Crippen LogP contribution in [0.1, 0.15) is 10.4 Å². The second-order valence-electron chi connectivity index (χ2n) is 7.70. The lowest BCUT2D eigenvalue weighted by Crippen LogP contribution is -2.49. The number of anilines is 1. The first-order valence-electron chi connectivity index (χ1n) is 10.6. The van der Waals surface area contributed by atoms with E-state index in [1.165, 1.54) is 4.68 Å². The summed E-state index contributed by atoms with van der Waals surface area (Å²) < 4.78 is 1.29. The summed E-state index contributed by atoms with van der Waals surface area (Å²) in [7, 11) is 0. The zero-order valence-corrected chi connectivity index (χ0v) is 18.4. The van der Waals surface area contributed by atoms with Crippen molar-refractivity contribution in [1.29, 1.82) is 0 Å². The molecule has 1 amide bonds. The van der Waals surface area contributed by atoms with Crippen LogP contribution < -0.4 is 10.5 Å². The highest BCUT2D eigenvalue weighted by atomic mass is 35.5. The highest BCUT2D eigenvalue weighted by Gasteiger charge is 2.27. The third-order valence-electron chi connectivity index (χ3n) is 5.74. The summed E-state index contributed by atoms with van der Waals surface area (Å²) in [6, 6.07) is 18.8. The number of nitrogens with zero attached hydrogens (tertiary/aromatic N) is 5. The van der Waals surface area contributed by atoms with Gasteiger partial charge in [-0.3, -0.25) is 14.7 Å². The molecule has 5 rings (SSSR count). The quantitative estimate of drug-likeness (QED) is 0.505. The van der Waals surface area contributed by atoms with Gasteiger partial charge in [-0.1, -0.05) is 60.1 Å². The molecule has 0 radical (unpaired) electrons. The molecule has 0 spiro atoms. The average molecular weight is 461 g/mol. The van der Waals surface area contributed by atoms with Crippen LogP contribution in [0.25, 0.3) is 16.9 Å². The second kappa shape index (κ2) is 8.91. The molecule has 166 valence electrons. The van der Waals surface area contributed by atoms with Gasteiger partial charge in [-0.05, 0) is 12.1 Å². The molecule has 4 aromatic rings. The van der Waals surface area contributed by atoms with Crippen molar-refractivity contribution in [3.05, 3.63) is 94.0 Å². The zero-order valence-electron chi connectivity index (χ0n) is 17.7. The van der Waals surface area contributed by atoms with Crippen molar-refractivity contribution in [2.24, 2.45) is 0 Å². The Morgan fingerprint density at radius 1 is 0.909 bits per heavy atom. The first-order valence-corrected chi connectivity index (χ1v) is 11.0. The number of nitrogens with one attached hydrogen (secondary N) is 1. The minimum absolute atomic E-state index is 0.0778. The first kappa shape index (κ1) is 21.0. The minimum Gasteiger partial charge on any atom is -0.365 e. The van der Waals surface area contributed by atoms with E-state index in [-0.39, 0.29) is 16.5 Å². The molecule has 0 saturated carbocycles. The van der Waals surface area contributed by atoms with Crippen LogP contribution in [0.4, 0.5) is 5.69 Å². The van der Waals surface area contributed by atoms with E-state index >= 15 is 0 Å². The SMILES string of the molecule is O=C(c1cn[nH]c1-c1ccccc1)N1CCN(c2cnn(-c3ccccc3)c(=O)c2Cl)CC1. The average Bonchev–Trinajstić information content (AvgIpc) is 3.36. The molecule has 9 heteroatoms. The zero-order chi connectivity index (χ0) is 22.8. The Balaban J connectivity index is 1.31. The summed E-state index contributed by atoms with van der Waals surface area (Å²) in [6.45, 7) is 2.08. The summed E-state index contributed by atoms with van der Waals surface area (Å²) in [5.41, 5.74) is 3.02. The van der Waals surface area contributed by atoms with Gasteiger partial charge in [-0.25, -0.2) is 0 Å². The number of carbonyl (C=O) groups excluding carboxylic acids is 1. The molecular formula is C24H21ClN6O2. The van der Waals surface area contributed by atoms with E-state index in [0.29, 0.717) is 48.8 Å². The van der Waals surface area contributed by atoms with E-state index in [1.54, 1.807) is 29.4 Å². The van der Waals surface area contributed by atoms with Crippen molar-refractivity contribution in [3.63, 3.8) is 0 Å². The number of amides is 1. The van der Waals surface area contributed by atoms with Gasteiger partial charge >= 0.3 is 0 Å². The van der Waals surface area contributed by atoms with E-state index in [0.717, 1.165) is 5.56 Å². The molecule has 0 unspecified atom stereocenters. The van der Waals surface area contributed by atoms with E-state index in [1.807, 2.05) is 53.4 Å². The van der Waals surface area contributed by atoms with Crippen LogP contribution in [0.5, 0.6) is 0 Å². The van der Waals surface area contributed by atoms with Gasteiger partial charge < -0.3 is 9.80 Å². The first-order chi connectivity index (χ1) is 16.1. The fraction of sp³-hybridized carbons (Fsp3) is 0.167. The van der Waals surface area contributed by atoms with Crippen LogP contribution in [0.15, 0.2) is 77.9 Å². The fourth-order valence-corrected chi connectivity index (χ4v) is 4.24. The Labute approximate surface area is 195 Å². The predicted molar refractivity (Wildman–Crippen MR) is 127 cm³/mol. The standard InChI is InChI=1S/C24H21ClN6O2/c25-21-20(16-27-31(24(21)33)18-9-5-2-6-10-18)29-11-13-30(14-12-29)23(32)19-15-26-28-22(19)17-7-3-1-4-8-17/h1-10,15-16H,11-14H2,(H,26,28). The number of hydrogen-bond donors (Lipinski definition) is 1. The number of aromatic amines is 1. The lowest BCUT2D eigenvalue weighted by molar-refractivity contribution is 0.0747. The Kier molecular flexibility index (Phi) is 5.66. The van der Waals surface area contributed by atoms with Crippen molar-refractivity contribution in [2.75, 3.05) is 31.1 Å². The fourth-order valence-electron chi connectivity index (χ4n) is 3.99. The summed E-state index contributed by atoms with van der Waals surface area (Å²) in [5, 5.41) is 11.5. The number of benzene rings is 2. The molecular weight excluding hydrogens is 440 g/mol. The molecule has 1 aliphatic heterocycles. The van der Waals surface area contributed by atoms with Crippen molar-refractivity contribution in [1.82, 2.24) is 24.9 Å². The molecule has 1 fully saturated rings. The van der Waals surface area contributed by atoms with Crippen LogP contribution in [-0.2, 0) is 0 Å². The van der Waals surface area contributed by atoms with Crippen molar-refractivity contribution in [3.8, 4) is 16.9 Å². The van der Waals surface area contributed by atoms with E-state index in [9.17, 15) is 9.59 Å². The second-order valence-corrected chi connectivity index (χ2v) is 8.08. The van der Waals surface area contributed by atoms with Crippen molar-refractivity contribution < 1.29 is 4.79 Å². The van der Waals surface area contributed by atoms with E-state index in [2.05, 4.69) is 15.3 Å². The van der Waals surface area contributed by atoms with Gasteiger partial charge in [-0.2, -0.15) is 14.9 Å². The molecule has 0 bridgehead atoms. The number of piperazine rings is 1. The molecule has 1 saturated heterocycles. The number of rotatable bonds is 4. The Bertz CT molecular complexity index is 1330. The third-order valence-corrected chi connectivity index (χ3v) is 6.10.